The van der Waals surface area contributed by atoms with Crippen LogP contribution in [-0.4, -0.2) is 11.9 Å². The normalized spacial score (nSPS) is 10.9. The molecule has 2 heteroatoms. The molecule has 1 aromatic rings. The van der Waals surface area contributed by atoms with Crippen LogP contribution < -0.4 is 0 Å². The van der Waals surface area contributed by atoms with Gasteiger partial charge < -0.3 is 10.8 Å². The second-order valence-electron chi connectivity index (χ2n) is 3.68. The van der Waals surface area contributed by atoms with Crippen molar-refractivity contribution in [2.45, 2.75) is 19.8 Å². The molecule has 0 atom stereocenters. The molecule has 0 heterocycles. The van der Waals surface area contributed by atoms with Gasteiger partial charge in [0.25, 0.3) is 0 Å². The average Bonchev–Trinajstić information content (AvgIpc) is 2.25. The Morgan fingerprint density at radius 2 is 1.93 bits per heavy atom. The molecular weight excluding hydrogens is 184 g/mol. The maximum Gasteiger partial charge on any atom is 0.0615 e. The molecule has 2 N–H and O–H groups in total. The number of hydrogen-bond acceptors (Lipinski definition) is 2. The summed E-state index contributed by atoms with van der Waals surface area (Å²) in [5, 5.41) is 14.8. The Kier molecular flexibility index (Phi) is 3.98. The van der Waals surface area contributed by atoms with Gasteiger partial charge in [0.2, 0.25) is 0 Å². The minimum atomic E-state index is 0.412. The van der Waals surface area contributed by atoms with E-state index in [0.717, 1.165) is 5.56 Å². The van der Waals surface area contributed by atoms with Crippen molar-refractivity contribution in [2.75, 3.05) is 0 Å². The molecule has 0 bridgehead atoms. The third-order valence-electron chi connectivity index (χ3n) is 2.23. The van der Waals surface area contributed by atoms with Crippen LogP contribution in [0.25, 0.3) is 0 Å². The maximum atomic E-state index is 7.88. The molecule has 0 unspecified atom stereocenters. The van der Waals surface area contributed by atoms with Crippen LogP contribution in [0.3, 0.4) is 0 Å². The van der Waals surface area contributed by atoms with E-state index in [1.807, 2.05) is 24.3 Å². The van der Waals surface area contributed by atoms with Gasteiger partial charge in [-0.3, -0.25) is 0 Å². The molecule has 15 heavy (non-hydrogen) atoms. The summed E-state index contributed by atoms with van der Waals surface area (Å²) in [5.74, 6) is 0.412. The van der Waals surface area contributed by atoms with Gasteiger partial charge in [-0.1, -0.05) is 38.1 Å². The van der Waals surface area contributed by atoms with Gasteiger partial charge in [-0.05, 0) is 23.6 Å². The number of hydrogen-bond donors (Lipinski definition) is 2. The topological polar surface area (TPSA) is 47.7 Å². The van der Waals surface area contributed by atoms with Gasteiger partial charge >= 0.3 is 0 Å². The molecule has 1 rings (SSSR count). The Morgan fingerprint density at radius 1 is 1.27 bits per heavy atom. The van der Waals surface area contributed by atoms with Crippen molar-refractivity contribution in [3.8, 4) is 0 Å². The van der Waals surface area contributed by atoms with E-state index in [0.29, 0.717) is 11.6 Å². The Bertz CT molecular complexity index is 389. The van der Waals surface area contributed by atoms with Crippen molar-refractivity contribution in [2.24, 2.45) is 0 Å². The Balaban J connectivity index is 3.07. The second-order valence-corrected chi connectivity index (χ2v) is 3.68. The molecule has 0 aliphatic heterocycles. The average molecular weight is 200 g/mol. The van der Waals surface area contributed by atoms with E-state index in [1.54, 1.807) is 12.2 Å². The van der Waals surface area contributed by atoms with Crippen molar-refractivity contribution in [1.82, 2.24) is 0 Å². The number of rotatable bonds is 4. The Hall–Kier alpha value is -1.70. The fourth-order valence-electron chi connectivity index (χ4n) is 1.48. The maximum absolute atomic E-state index is 7.88. The summed E-state index contributed by atoms with van der Waals surface area (Å²) in [6.07, 6.45) is 4.40. The summed E-state index contributed by atoms with van der Waals surface area (Å²) in [6.45, 7) is 4.24. The van der Waals surface area contributed by atoms with Crippen LogP contribution in [0.2, 0.25) is 0 Å². The lowest BCUT2D eigenvalue weighted by atomic mass is 9.94. The largest absolute Gasteiger partial charge is 0.309 e. The highest BCUT2D eigenvalue weighted by Gasteiger charge is 2.07. The number of benzene rings is 1. The van der Waals surface area contributed by atoms with Crippen molar-refractivity contribution in [3.63, 3.8) is 0 Å². The summed E-state index contributed by atoms with van der Waals surface area (Å²) in [6, 6.07) is 7.93. The first-order valence-electron chi connectivity index (χ1n) is 5.01. The van der Waals surface area contributed by atoms with Gasteiger partial charge in [-0.25, -0.2) is 0 Å². The molecule has 0 radical (unpaired) electrons. The van der Waals surface area contributed by atoms with Gasteiger partial charge in [0.05, 0.1) is 5.71 Å². The third kappa shape index (κ3) is 2.88. The van der Waals surface area contributed by atoms with Gasteiger partial charge in [0.1, 0.15) is 0 Å². The minimum Gasteiger partial charge on any atom is -0.309 e. The second kappa shape index (κ2) is 5.25. The molecule has 2 nitrogen and oxygen atoms in total. The standard InChI is InChI=1S/C13H16N2/c1-10(2)11-6-3-4-7-12(11)13(15)8-5-9-14/h3-10,14-15H,1-2H3/b8-5-,14-9?,15-13?. The fourth-order valence-corrected chi connectivity index (χ4v) is 1.48. The number of allylic oxidation sites excluding steroid dienone is 2. The Labute approximate surface area is 90.7 Å². The third-order valence-corrected chi connectivity index (χ3v) is 2.23. The molecule has 0 amide bonds. The lowest BCUT2D eigenvalue weighted by Crippen LogP contribution is -2.02. The van der Waals surface area contributed by atoms with Gasteiger partial charge in [-0.15, -0.1) is 0 Å². The van der Waals surface area contributed by atoms with Gasteiger partial charge in [0, 0.05) is 11.8 Å². The fraction of sp³-hybridized carbons (Fsp3) is 0.231. The van der Waals surface area contributed by atoms with E-state index in [-0.39, 0.29) is 0 Å². The lowest BCUT2D eigenvalue weighted by Gasteiger charge is -2.11. The molecular formula is C13H16N2. The quantitative estimate of drug-likeness (QED) is 0.700. The molecule has 0 fully saturated rings. The van der Waals surface area contributed by atoms with E-state index >= 15 is 0 Å². The molecule has 0 spiro atoms. The van der Waals surface area contributed by atoms with Crippen LogP contribution in [0.1, 0.15) is 30.9 Å². The molecule has 0 aliphatic rings. The highest BCUT2D eigenvalue weighted by atomic mass is 14.4. The molecule has 0 aromatic heterocycles. The molecule has 0 saturated carbocycles. The van der Waals surface area contributed by atoms with Crippen molar-refractivity contribution in [3.05, 3.63) is 47.5 Å². The highest BCUT2D eigenvalue weighted by molar-refractivity contribution is 6.08. The van der Waals surface area contributed by atoms with E-state index in [1.165, 1.54) is 11.8 Å². The van der Waals surface area contributed by atoms with Crippen LogP contribution >= 0.6 is 0 Å². The monoisotopic (exact) mass is 200 g/mol. The summed E-state index contributed by atoms with van der Waals surface area (Å²) < 4.78 is 0. The first-order chi connectivity index (χ1) is 7.16. The Morgan fingerprint density at radius 3 is 2.53 bits per heavy atom. The van der Waals surface area contributed by atoms with E-state index < -0.39 is 0 Å². The van der Waals surface area contributed by atoms with E-state index in [2.05, 4.69) is 13.8 Å². The zero-order chi connectivity index (χ0) is 11.3. The smallest absolute Gasteiger partial charge is 0.0615 e. The van der Waals surface area contributed by atoms with Crippen LogP contribution in [0.5, 0.6) is 0 Å². The summed E-state index contributed by atoms with van der Waals surface area (Å²) in [4.78, 5) is 0. The predicted molar refractivity (Wildman–Crippen MR) is 65.3 cm³/mol. The summed E-state index contributed by atoms with van der Waals surface area (Å²) >= 11 is 0. The first-order valence-corrected chi connectivity index (χ1v) is 5.01. The van der Waals surface area contributed by atoms with Crippen LogP contribution in [0.15, 0.2) is 36.4 Å². The minimum absolute atomic E-state index is 0.412. The van der Waals surface area contributed by atoms with Crippen molar-refractivity contribution in [1.29, 1.82) is 10.8 Å². The zero-order valence-electron chi connectivity index (χ0n) is 9.12. The molecule has 78 valence electrons. The predicted octanol–water partition coefficient (Wildman–Crippen LogP) is 3.38. The lowest BCUT2D eigenvalue weighted by molar-refractivity contribution is 0.864. The van der Waals surface area contributed by atoms with Gasteiger partial charge in [0.15, 0.2) is 0 Å². The highest BCUT2D eigenvalue weighted by Crippen LogP contribution is 2.19. The van der Waals surface area contributed by atoms with Crippen LogP contribution in [0, 0.1) is 10.8 Å². The van der Waals surface area contributed by atoms with Crippen molar-refractivity contribution >= 4 is 11.9 Å². The number of nitrogens with one attached hydrogen (secondary N) is 2. The van der Waals surface area contributed by atoms with E-state index in [9.17, 15) is 0 Å². The van der Waals surface area contributed by atoms with Crippen LogP contribution in [0.4, 0.5) is 0 Å². The van der Waals surface area contributed by atoms with Crippen molar-refractivity contribution < 1.29 is 0 Å². The van der Waals surface area contributed by atoms with Gasteiger partial charge in [-0.2, -0.15) is 0 Å². The van der Waals surface area contributed by atoms with Crippen LogP contribution in [-0.2, 0) is 0 Å². The first kappa shape index (κ1) is 11.4. The SMILES string of the molecule is CC(C)c1ccccc1C(=N)/C=C\C=N. The van der Waals surface area contributed by atoms with E-state index in [4.69, 9.17) is 10.8 Å². The molecule has 1 aromatic carbocycles. The summed E-state index contributed by atoms with van der Waals surface area (Å²) in [5.41, 5.74) is 2.59. The summed E-state index contributed by atoms with van der Waals surface area (Å²) in [7, 11) is 0. The molecule has 0 aliphatic carbocycles. The zero-order valence-corrected chi connectivity index (χ0v) is 9.12. The molecule has 0 saturated heterocycles.